The number of carbonyl (C=O) groups is 1. The van der Waals surface area contributed by atoms with Gasteiger partial charge in [0.1, 0.15) is 17.1 Å². The summed E-state index contributed by atoms with van der Waals surface area (Å²) >= 11 is 0. The summed E-state index contributed by atoms with van der Waals surface area (Å²) in [5, 5.41) is 11.3. The van der Waals surface area contributed by atoms with Crippen LogP contribution in [0.25, 0.3) is 0 Å². The van der Waals surface area contributed by atoms with Crippen LogP contribution in [-0.4, -0.2) is 32.7 Å². The Balaban J connectivity index is 1.56. The summed E-state index contributed by atoms with van der Waals surface area (Å²) in [6.45, 7) is 2.62. The quantitative estimate of drug-likeness (QED) is 0.941. The molecular formula is C15H18N4O2. The number of aromatic amines is 1. The lowest BCUT2D eigenvalue weighted by Crippen LogP contribution is -2.31. The first-order valence-corrected chi connectivity index (χ1v) is 7.52. The van der Waals surface area contributed by atoms with Crippen molar-refractivity contribution in [2.75, 3.05) is 6.54 Å². The summed E-state index contributed by atoms with van der Waals surface area (Å²) in [5.41, 5.74) is 2.45. The van der Waals surface area contributed by atoms with Gasteiger partial charge in [-0.05, 0) is 38.7 Å². The van der Waals surface area contributed by atoms with Crippen LogP contribution in [-0.2, 0) is 0 Å². The predicted octanol–water partition coefficient (Wildman–Crippen LogP) is 2.56. The summed E-state index contributed by atoms with van der Waals surface area (Å²) < 4.78 is 5.14. The zero-order valence-electron chi connectivity index (χ0n) is 12.0. The number of aryl methyl sites for hydroxylation is 1. The van der Waals surface area contributed by atoms with Crippen molar-refractivity contribution in [1.82, 2.24) is 20.3 Å². The van der Waals surface area contributed by atoms with Gasteiger partial charge in [0.2, 0.25) is 0 Å². The lowest BCUT2D eigenvalue weighted by molar-refractivity contribution is 0.0725. The Labute approximate surface area is 122 Å². The molecule has 2 fully saturated rings. The third kappa shape index (κ3) is 2.24. The molecule has 1 N–H and O–H groups in total. The van der Waals surface area contributed by atoms with Gasteiger partial charge in [-0.2, -0.15) is 5.10 Å². The third-order valence-electron chi connectivity index (χ3n) is 4.34. The van der Waals surface area contributed by atoms with E-state index in [0.29, 0.717) is 11.6 Å². The molecule has 2 aromatic rings. The molecule has 1 aliphatic carbocycles. The van der Waals surface area contributed by atoms with Crippen LogP contribution in [0.5, 0.6) is 0 Å². The van der Waals surface area contributed by atoms with Gasteiger partial charge in [0.15, 0.2) is 0 Å². The molecule has 0 spiro atoms. The maximum atomic E-state index is 12.7. The van der Waals surface area contributed by atoms with E-state index in [0.717, 1.165) is 36.5 Å². The fourth-order valence-electron chi connectivity index (χ4n) is 3.06. The van der Waals surface area contributed by atoms with Crippen molar-refractivity contribution in [2.24, 2.45) is 0 Å². The molecule has 1 aliphatic heterocycles. The van der Waals surface area contributed by atoms with Crippen LogP contribution >= 0.6 is 0 Å². The van der Waals surface area contributed by atoms with Crippen molar-refractivity contribution in [1.29, 1.82) is 0 Å². The van der Waals surface area contributed by atoms with E-state index in [2.05, 4.69) is 15.4 Å². The number of nitrogens with zero attached hydrogens (tertiary/aromatic N) is 3. The summed E-state index contributed by atoms with van der Waals surface area (Å²) in [6, 6.07) is 3.83. The Morgan fingerprint density at radius 3 is 2.95 bits per heavy atom. The minimum Gasteiger partial charge on any atom is -0.361 e. The van der Waals surface area contributed by atoms with Crippen molar-refractivity contribution < 1.29 is 9.32 Å². The van der Waals surface area contributed by atoms with E-state index in [4.69, 9.17) is 4.52 Å². The van der Waals surface area contributed by atoms with E-state index in [1.54, 1.807) is 0 Å². The normalized spacial score (nSPS) is 22.0. The highest BCUT2D eigenvalue weighted by molar-refractivity contribution is 5.92. The minimum atomic E-state index is -0.0127. The lowest BCUT2D eigenvalue weighted by Gasteiger charge is -2.21. The van der Waals surface area contributed by atoms with Gasteiger partial charge in [-0.3, -0.25) is 9.89 Å². The van der Waals surface area contributed by atoms with Crippen molar-refractivity contribution in [3.05, 3.63) is 35.0 Å². The number of likely N-dealkylation sites (tertiary alicyclic amines) is 1. The van der Waals surface area contributed by atoms with Crippen molar-refractivity contribution in [3.8, 4) is 0 Å². The van der Waals surface area contributed by atoms with E-state index >= 15 is 0 Å². The van der Waals surface area contributed by atoms with E-state index in [1.165, 1.54) is 12.8 Å². The second-order valence-electron chi connectivity index (χ2n) is 6.00. The molecule has 1 saturated heterocycles. The molecule has 4 rings (SSSR count). The van der Waals surface area contributed by atoms with Gasteiger partial charge in [0.05, 0.1) is 6.04 Å². The number of rotatable bonds is 3. The molecule has 0 unspecified atom stereocenters. The molecular weight excluding hydrogens is 268 g/mol. The van der Waals surface area contributed by atoms with Crippen LogP contribution in [0.2, 0.25) is 0 Å². The maximum Gasteiger partial charge on any atom is 0.274 e. The number of H-pyrrole nitrogens is 1. The maximum absolute atomic E-state index is 12.7. The predicted molar refractivity (Wildman–Crippen MR) is 74.8 cm³/mol. The van der Waals surface area contributed by atoms with E-state index in [-0.39, 0.29) is 11.9 Å². The summed E-state index contributed by atoms with van der Waals surface area (Å²) in [5.74, 6) is 1.34. The first-order valence-electron chi connectivity index (χ1n) is 7.52. The molecule has 1 amide bonds. The van der Waals surface area contributed by atoms with Crippen LogP contribution < -0.4 is 0 Å². The van der Waals surface area contributed by atoms with Crippen LogP contribution in [0.15, 0.2) is 16.7 Å². The standard InChI is InChI=1S/C15H18N4O2/c1-9-7-12(18-21-9)14-3-2-6-19(14)15(20)13-8-11(16-17-13)10-4-5-10/h7-8,10,14H,2-6H2,1H3,(H,16,17)/t14-/m1/s1. The fraction of sp³-hybridized carbons (Fsp3) is 0.533. The van der Waals surface area contributed by atoms with Crippen LogP contribution in [0.1, 0.15) is 65.3 Å². The van der Waals surface area contributed by atoms with Crippen LogP contribution in [0.4, 0.5) is 0 Å². The molecule has 0 bridgehead atoms. The highest BCUT2D eigenvalue weighted by atomic mass is 16.5. The van der Waals surface area contributed by atoms with Crippen LogP contribution in [0, 0.1) is 6.92 Å². The largest absolute Gasteiger partial charge is 0.361 e. The first-order chi connectivity index (χ1) is 10.2. The summed E-state index contributed by atoms with van der Waals surface area (Å²) in [4.78, 5) is 14.5. The van der Waals surface area contributed by atoms with E-state index < -0.39 is 0 Å². The third-order valence-corrected chi connectivity index (χ3v) is 4.34. The molecule has 1 saturated carbocycles. The molecule has 3 heterocycles. The van der Waals surface area contributed by atoms with Gasteiger partial charge in [-0.1, -0.05) is 5.16 Å². The molecule has 1 atom stereocenters. The van der Waals surface area contributed by atoms with Gasteiger partial charge >= 0.3 is 0 Å². The fourth-order valence-corrected chi connectivity index (χ4v) is 3.06. The molecule has 21 heavy (non-hydrogen) atoms. The Morgan fingerprint density at radius 1 is 1.38 bits per heavy atom. The number of hydrogen-bond donors (Lipinski definition) is 1. The number of carbonyl (C=O) groups excluding carboxylic acids is 1. The molecule has 110 valence electrons. The summed E-state index contributed by atoms with van der Waals surface area (Å²) in [6.07, 6.45) is 4.31. The Hall–Kier alpha value is -2.11. The SMILES string of the molecule is Cc1cc([C@H]2CCCN2C(=O)c2cc(C3CC3)[nH]n2)no1. The number of hydrogen-bond acceptors (Lipinski definition) is 4. The average molecular weight is 286 g/mol. The summed E-state index contributed by atoms with van der Waals surface area (Å²) in [7, 11) is 0. The van der Waals surface area contributed by atoms with Gasteiger partial charge in [-0.25, -0.2) is 0 Å². The highest BCUT2D eigenvalue weighted by Gasteiger charge is 2.34. The van der Waals surface area contributed by atoms with Gasteiger partial charge < -0.3 is 9.42 Å². The molecule has 6 nitrogen and oxygen atoms in total. The van der Waals surface area contributed by atoms with Crippen molar-refractivity contribution >= 4 is 5.91 Å². The van der Waals surface area contributed by atoms with Crippen molar-refractivity contribution in [3.63, 3.8) is 0 Å². The van der Waals surface area contributed by atoms with Gasteiger partial charge in [0, 0.05) is 24.2 Å². The second-order valence-corrected chi connectivity index (χ2v) is 6.00. The Bertz CT molecular complexity index is 671. The van der Waals surface area contributed by atoms with E-state index in [1.807, 2.05) is 24.0 Å². The lowest BCUT2D eigenvalue weighted by atomic mass is 10.1. The number of nitrogens with one attached hydrogen (secondary N) is 1. The highest BCUT2D eigenvalue weighted by Crippen LogP contribution is 2.39. The zero-order chi connectivity index (χ0) is 14.4. The number of aromatic nitrogens is 3. The topological polar surface area (TPSA) is 75.0 Å². The minimum absolute atomic E-state index is 0.0102. The van der Waals surface area contributed by atoms with Gasteiger partial charge in [-0.15, -0.1) is 0 Å². The van der Waals surface area contributed by atoms with Crippen molar-refractivity contribution in [2.45, 2.75) is 44.6 Å². The Morgan fingerprint density at radius 2 is 2.24 bits per heavy atom. The van der Waals surface area contributed by atoms with Gasteiger partial charge in [0.25, 0.3) is 5.91 Å². The molecule has 0 radical (unpaired) electrons. The zero-order valence-corrected chi connectivity index (χ0v) is 12.0. The molecule has 0 aromatic carbocycles. The molecule has 6 heteroatoms. The molecule has 2 aromatic heterocycles. The van der Waals surface area contributed by atoms with E-state index in [9.17, 15) is 4.79 Å². The first kappa shape index (κ1) is 12.6. The average Bonchev–Trinajstić information content (AvgIpc) is 2.94. The smallest absolute Gasteiger partial charge is 0.274 e. The van der Waals surface area contributed by atoms with Crippen LogP contribution in [0.3, 0.4) is 0 Å². The second kappa shape index (κ2) is 4.72. The number of amides is 1. The Kier molecular flexibility index (Phi) is 2.83. The molecule has 2 aliphatic rings. The monoisotopic (exact) mass is 286 g/mol.